The maximum atomic E-state index is 8.25. The predicted octanol–water partition coefficient (Wildman–Crippen LogP) is -1.15. The molecule has 0 saturated heterocycles. The zero-order valence-electron chi connectivity index (χ0n) is 7.72. The van der Waals surface area contributed by atoms with Crippen molar-refractivity contribution in [3.8, 4) is 0 Å². The monoisotopic (exact) mass is 269 g/mol. The van der Waals surface area contributed by atoms with Crippen molar-refractivity contribution in [1.82, 2.24) is 0 Å². The molecule has 0 unspecified atom stereocenters. The molecular formula is C7H19NO2Sn. The molecule has 0 aromatic heterocycles. The van der Waals surface area contributed by atoms with Crippen molar-refractivity contribution in [3.63, 3.8) is 0 Å². The number of unbranched alkanes of at least 4 members (excludes halogenated alkanes) is 1. The molecule has 68 valence electrons. The molecule has 11 heavy (non-hydrogen) atoms. The van der Waals surface area contributed by atoms with E-state index >= 15 is 0 Å². The Kier molecular flexibility index (Phi) is 49.9. The molecule has 0 amide bonds. The number of hydrogen-bond acceptors (Lipinski definition) is 3. The van der Waals surface area contributed by atoms with E-state index in [2.05, 4.69) is 4.94 Å². The number of nitrogens with two attached hydrogens (primary N) is 1. The van der Waals surface area contributed by atoms with Crippen LogP contribution in [0.5, 0.6) is 0 Å². The SMILES string of the molecule is C[O-].C[O-].[CH3][Sn+2][CH2]CCCN. The standard InChI is InChI=1S/C4H10N.2CH3O.CH3.Sn/c1-2-3-4-5;2*1-2;;/h1-5H2;2*1H3;1H3;/q;2*-1;;+2. The molecule has 0 rings (SSSR count). The van der Waals surface area contributed by atoms with Crippen LogP contribution in [0.3, 0.4) is 0 Å². The van der Waals surface area contributed by atoms with Crippen LogP contribution in [-0.2, 0) is 0 Å². The first-order valence-electron chi connectivity index (χ1n) is 3.58. The first-order chi connectivity index (χ1) is 5.41. The molecule has 2 N–H and O–H groups in total. The average Bonchev–Trinajstić information content (AvgIpc) is 2.13. The molecule has 0 aromatic rings. The normalized spacial score (nSPS) is 6.36. The molecule has 0 aliphatic carbocycles. The molecule has 4 heteroatoms. The van der Waals surface area contributed by atoms with Crippen molar-refractivity contribution in [2.75, 3.05) is 20.8 Å². The van der Waals surface area contributed by atoms with Gasteiger partial charge in [-0.2, -0.15) is 14.2 Å². The van der Waals surface area contributed by atoms with E-state index in [1.807, 2.05) is 0 Å². The van der Waals surface area contributed by atoms with Gasteiger partial charge < -0.3 is 10.2 Å². The van der Waals surface area contributed by atoms with Crippen molar-refractivity contribution >= 4 is 21.1 Å². The first-order valence-corrected chi connectivity index (χ1v) is 8.45. The Labute approximate surface area is 80.2 Å². The van der Waals surface area contributed by atoms with Crippen LogP contribution in [0.2, 0.25) is 9.38 Å². The second kappa shape index (κ2) is 31.0. The van der Waals surface area contributed by atoms with Gasteiger partial charge >= 0.3 is 55.6 Å². The van der Waals surface area contributed by atoms with Crippen LogP contribution in [0.25, 0.3) is 0 Å². The van der Waals surface area contributed by atoms with Crippen LogP contribution >= 0.6 is 0 Å². The van der Waals surface area contributed by atoms with Crippen molar-refractivity contribution in [2.24, 2.45) is 5.73 Å². The van der Waals surface area contributed by atoms with E-state index < -0.39 is 0 Å². The fourth-order valence-corrected chi connectivity index (χ4v) is 2.17. The number of hydrogen-bond donors (Lipinski definition) is 1. The summed E-state index contributed by atoms with van der Waals surface area (Å²) in [6.45, 7) is 0.888. The van der Waals surface area contributed by atoms with Gasteiger partial charge in [-0.3, -0.25) is 0 Å². The van der Waals surface area contributed by atoms with Gasteiger partial charge in [-0.15, -0.1) is 0 Å². The van der Waals surface area contributed by atoms with Crippen LogP contribution in [0, 0.1) is 0 Å². The van der Waals surface area contributed by atoms with E-state index in [9.17, 15) is 0 Å². The van der Waals surface area contributed by atoms with E-state index in [-0.39, 0.29) is 21.1 Å². The van der Waals surface area contributed by atoms with Gasteiger partial charge in [0.1, 0.15) is 0 Å². The second-order valence-corrected chi connectivity index (χ2v) is 5.04. The Bertz CT molecular complexity index is 35.6. The Morgan fingerprint density at radius 1 is 1.09 bits per heavy atom. The topological polar surface area (TPSA) is 72.1 Å². The Hall–Kier alpha value is 0.679. The molecule has 0 atom stereocenters. The molecule has 0 spiro atoms. The molecule has 3 nitrogen and oxygen atoms in total. The van der Waals surface area contributed by atoms with Crippen LogP contribution in [0.4, 0.5) is 0 Å². The minimum absolute atomic E-state index is 0.121. The average molecular weight is 268 g/mol. The van der Waals surface area contributed by atoms with Gasteiger partial charge in [0.15, 0.2) is 0 Å². The number of rotatable bonds is 4. The van der Waals surface area contributed by atoms with E-state index in [1.165, 1.54) is 17.3 Å². The molecule has 0 radical (unpaired) electrons. The fraction of sp³-hybridized carbons (Fsp3) is 1.00. The van der Waals surface area contributed by atoms with Crippen LogP contribution in [0.1, 0.15) is 12.8 Å². The molecule has 0 aliphatic rings. The van der Waals surface area contributed by atoms with Gasteiger partial charge in [0.25, 0.3) is 0 Å². The van der Waals surface area contributed by atoms with Gasteiger partial charge in [0.2, 0.25) is 0 Å². The third-order valence-electron chi connectivity index (χ3n) is 0.881. The molecular weight excluding hydrogens is 249 g/mol. The zero-order valence-corrected chi connectivity index (χ0v) is 10.6. The van der Waals surface area contributed by atoms with Crippen LogP contribution in [-0.4, -0.2) is 41.9 Å². The molecule has 0 fully saturated rings. The molecule has 0 aromatic carbocycles. The molecule has 0 aliphatic heterocycles. The summed E-state index contributed by atoms with van der Waals surface area (Å²) >= 11 is 0.121. The van der Waals surface area contributed by atoms with Gasteiger partial charge in [0.05, 0.1) is 0 Å². The van der Waals surface area contributed by atoms with Crippen molar-refractivity contribution in [3.05, 3.63) is 0 Å². The second-order valence-electron chi connectivity index (χ2n) is 1.60. The summed E-state index contributed by atoms with van der Waals surface area (Å²) < 4.78 is 1.51. The summed E-state index contributed by atoms with van der Waals surface area (Å²) in [5.74, 6) is 0. The van der Waals surface area contributed by atoms with Crippen molar-refractivity contribution in [2.45, 2.75) is 22.2 Å². The van der Waals surface area contributed by atoms with E-state index in [0.29, 0.717) is 0 Å². The summed E-state index contributed by atoms with van der Waals surface area (Å²) in [7, 11) is 1.50. The van der Waals surface area contributed by atoms with E-state index in [1.54, 1.807) is 0 Å². The third-order valence-corrected chi connectivity index (χ3v) is 3.32. The quantitative estimate of drug-likeness (QED) is 0.517. The Morgan fingerprint density at radius 2 is 1.55 bits per heavy atom. The predicted molar refractivity (Wildman–Crippen MR) is 46.6 cm³/mol. The van der Waals surface area contributed by atoms with Gasteiger partial charge in [-0.25, -0.2) is 0 Å². The zero-order chi connectivity index (χ0) is 9.54. The molecule has 0 heterocycles. The summed E-state index contributed by atoms with van der Waals surface area (Å²) in [4.78, 5) is 2.37. The minimum atomic E-state index is 0.121. The van der Waals surface area contributed by atoms with E-state index in [4.69, 9.17) is 15.9 Å². The first kappa shape index (κ1) is 17.7. The fourth-order valence-electron chi connectivity index (χ4n) is 0.446. The Balaban J connectivity index is -0.000000138. The summed E-state index contributed by atoms with van der Waals surface area (Å²) in [5, 5.41) is 16.5. The summed E-state index contributed by atoms with van der Waals surface area (Å²) in [6.07, 6.45) is 2.63. The summed E-state index contributed by atoms with van der Waals surface area (Å²) in [5.41, 5.74) is 5.29. The third kappa shape index (κ3) is 36.7. The Morgan fingerprint density at radius 3 is 1.82 bits per heavy atom. The van der Waals surface area contributed by atoms with Crippen LogP contribution in [0.15, 0.2) is 0 Å². The van der Waals surface area contributed by atoms with Gasteiger partial charge in [-0.1, -0.05) is 0 Å². The van der Waals surface area contributed by atoms with E-state index in [0.717, 1.165) is 20.8 Å². The van der Waals surface area contributed by atoms with Crippen molar-refractivity contribution < 1.29 is 10.2 Å². The molecule has 0 saturated carbocycles. The summed E-state index contributed by atoms with van der Waals surface area (Å²) in [6, 6.07) is 0. The van der Waals surface area contributed by atoms with Gasteiger partial charge in [0, 0.05) is 0 Å². The van der Waals surface area contributed by atoms with Crippen molar-refractivity contribution in [1.29, 1.82) is 0 Å². The van der Waals surface area contributed by atoms with Crippen LogP contribution < -0.4 is 15.9 Å². The maximum absolute atomic E-state index is 8.25. The van der Waals surface area contributed by atoms with Gasteiger partial charge in [-0.05, 0) is 0 Å². The molecule has 0 bridgehead atoms.